The van der Waals surface area contributed by atoms with Gasteiger partial charge in [0.15, 0.2) is 0 Å². The van der Waals surface area contributed by atoms with E-state index in [9.17, 15) is 9.90 Å². The maximum absolute atomic E-state index is 11.0. The number of hydrogen-bond donors (Lipinski definition) is 1. The number of benzene rings is 2. The lowest BCUT2D eigenvalue weighted by Crippen LogP contribution is -2.02. The molecule has 2 aromatic rings. The molecule has 0 aromatic heterocycles. The van der Waals surface area contributed by atoms with Crippen molar-refractivity contribution < 1.29 is 14.6 Å². The summed E-state index contributed by atoms with van der Waals surface area (Å²) in [5.74, 6) is 0.185. The predicted octanol–water partition coefficient (Wildman–Crippen LogP) is 2.64. The van der Waals surface area contributed by atoms with E-state index in [2.05, 4.69) is 6.58 Å². The van der Waals surface area contributed by atoms with E-state index in [0.29, 0.717) is 5.75 Å². The highest BCUT2D eigenvalue weighted by atomic mass is 16.5. The lowest BCUT2D eigenvalue weighted by atomic mass is 10.1. The third-order valence-corrected chi connectivity index (χ3v) is 2.18. The van der Waals surface area contributed by atoms with Crippen molar-refractivity contribution in [3.8, 4) is 11.5 Å². The molecule has 80 valence electrons. The highest BCUT2D eigenvalue weighted by Gasteiger charge is 2.01. The summed E-state index contributed by atoms with van der Waals surface area (Å²) < 4.78 is 4.98. The summed E-state index contributed by atoms with van der Waals surface area (Å²) in [5, 5.41) is 11.1. The van der Waals surface area contributed by atoms with Crippen molar-refractivity contribution in [3.63, 3.8) is 0 Å². The van der Waals surface area contributed by atoms with Gasteiger partial charge in [-0.05, 0) is 35.0 Å². The van der Waals surface area contributed by atoms with Crippen LogP contribution in [0.1, 0.15) is 0 Å². The maximum atomic E-state index is 11.0. The Kier molecular flexibility index (Phi) is 2.60. The number of esters is 1. The van der Waals surface area contributed by atoms with Gasteiger partial charge in [0.25, 0.3) is 0 Å². The first-order chi connectivity index (χ1) is 7.69. The molecule has 0 heterocycles. The topological polar surface area (TPSA) is 46.5 Å². The second kappa shape index (κ2) is 4.06. The number of phenols is 1. The molecule has 0 spiro atoms. The van der Waals surface area contributed by atoms with Crippen molar-refractivity contribution in [1.82, 2.24) is 0 Å². The number of carbonyl (C=O) groups excluding carboxylic acids is 1. The normalized spacial score (nSPS) is 10.0. The van der Waals surface area contributed by atoms with Crippen molar-refractivity contribution >= 4 is 16.7 Å². The molecule has 0 saturated carbocycles. The zero-order valence-corrected chi connectivity index (χ0v) is 8.51. The Balaban J connectivity index is 2.40. The van der Waals surface area contributed by atoms with Gasteiger partial charge in [0.1, 0.15) is 11.5 Å². The van der Waals surface area contributed by atoms with Gasteiger partial charge >= 0.3 is 5.97 Å². The largest absolute Gasteiger partial charge is 0.508 e. The second-order valence-corrected chi connectivity index (χ2v) is 3.32. The number of carbonyl (C=O) groups is 1. The van der Waals surface area contributed by atoms with E-state index in [1.165, 1.54) is 0 Å². The molecule has 0 aliphatic carbocycles. The Morgan fingerprint density at radius 1 is 1.19 bits per heavy atom. The number of ether oxygens (including phenoxy) is 1. The van der Waals surface area contributed by atoms with Crippen LogP contribution < -0.4 is 4.74 Å². The summed E-state index contributed by atoms with van der Waals surface area (Å²) in [5.41, 5.74) is 0. The zero-order valence-electron chi connectivity index (χ0n) is 8.51. The van der Waals surface area contributed by atoms with E-state index in [-0.39, 0.29) is 5.75 Å². The monoisotopic (exact) mass is 214 g/mol. The molecule has 2 rings (SSSR count). The SMILES string of the molecule is C=CC(=O)Oc1ccc2cc(O)ccc2c1. The summed E-state index contributed by atoms with van der Waals surface area (Å²) in [4.78, 5) is 11.0. The molecule has 16 heavy (non-hydrogen) atoms. The fraction of sp³-hybridized carbons (Fsp3) is 0. The molecule has 0 fully saturated rings. The van der Waals surface area contributed by atoms with E-state index in [1.807, 2.05) is 0 Å². The van der Waals surface area contributed by atoms with E-state index in [0.717, 1.165) is 16.8 Å². The van der Waals surface area contributed by atoms with E-state index in [1.54, 1.807) is 36.4 Å². The van der Waals surface area contributed by atoms with Crippen LogP contribution in [0.3, 0.4) is 0 Å². The third-order valence-electron chi connectivity index (χ3n) is 2.18. The molecule has 0 unspecified atom stereocenters. The van der Waals surface area contributed by atoms with Crippen molar-refractivity contribution in [2.24, 2.45) is 0 Å². The first-order valence-corrected chi connectivity index (χ1v) is 4.76. The van der Waals surface area contributed by atoms with Gasteiger partial charge in [-0.15, -0.1) is 0 Å². The number of hydrogen-bond acceptors (Lipinski definition) is 3. The van der Waals surface area contributed by atoms with Crippen LogP contribution >= 0.6 is 0 Å². The molecule has 0 radical (unpaired) electrons. The molecule has 0 aliphatic heterocycles. The molecule has 0 saturated heterocycles. The third kappa shape index (κ3) is 2.03. The van der Waals surface area contributed by atoms with E-state index in [4.69, 9.17) is 4.74 Å². The lowest BCUT2D eigenvalue weighted by Gasteiger charge is -2.03. The van der Waals surface area contributed by atoms with Crippen molar-refractivity contribution in [1.29, 1.82) is 0 Å². The van der Waals surface area contributed by atoms with Crippen LogP contribution in [-0.4, -0.2) is 11.1 Å². The molecule has 2 aromatic carbocycles. The van der Waals surface area contributed by atoms with Crippen LogP contribution in [0.15, 0.2) is 49.1 Å². The Labute approximate surface area is 92.6 Å². The minimum absolute atomic E-state index is 0.211. The van der Waals surface area contributed by atoms with Crippen molar-refractivity contribution in [2.45, 2.75) is 0 Å². The summed E-state index contributed by atoms with van der Waals surface area (Å²) >= 11 is 0. The Morgan fingerprint density at radius 2 is 1.88 bits per heavy atom. The standard InChI is InChI=1S/C13H10O3/c1-2-13(15)16-12-6-4-9-7-11(14)5-3-10(9)8-12/h2-8,14H,1H2. The minimum atomic E-state index is -0.488. The molecule has 0 bridgehead atoms. The van der Waals surface area contributed by atoms with E-state index < -0.39 is 5.97 Å². The Hall–Kier alpha value is -2.29. The highest BCUT2D eigenvalue weighted by molar-refractivity contribution is 5.87. The molecule has 0 amide bonds. The predicted molar refractivity (Wildman–Crippen MR) is 61.4 cm³/mol. The lowest BCUT2D eigenvalue weighted by molar-refractivity contribution is -0.128. The van der Waals surface area contributed by atoms with Gasteiger partial charge in [0.05, 0.1) is 0 Å². The van der Waals surface area contributed by atoms with Gasteiger partial charge in [-0.1, -0.05) is 18.7 Å². The quantitative estimate of drug-likeness (QED) is 0.475. The van der Waals surface area contributed by atoms with Crippen LogP contribution in [0, 0.1) is 0 Å². The highest BCUT2D eigenvalue weighted by Crippen LogP contribution is 2.24. The molecular weight excluding hydrogens is 204 g/mol. The van der Waals surface area contributed by atoms with Crippen molar-refractivity contribution in [3.05, 3.63) is 49.1 Å². The van der Waals surface area contributed by atoms with Crippen LogP contribution in [0.25, 0.3) is 10.8 Å². The number of rotatable bonds is 2. The van der Waals surface area contributed by atoms with Crippen molar-refractivity contribution in [2.75, 3.05) is 0 Å². The first-order valence-electron chi connectivity index (χ1n) is 4.76. The first kappa shape index (κ1) is 10.2. The minimum Gasteiger partial charge on any atom is -0.508 e. The zero-order chi connectivity index (χ0) is 11.5. The summed E-state index contributed by atoms with van der Waals surface area (Å²) in [6.45, 7) is 3.32. The van der Waals surface area contributed by atoms with Gasteiger partial charge < -0.3 is 9.84 Å². The van der Waals surface area contributed by atoms with Crippen LogP contribution in [-0.2, 0) is 4.79 Å². The summed E-state index contributed by atoms with van der Waals surface area (Å²) in [7, 11) is 0. The number of phenolic OH excluding ortho intramolecular Hbond substituents is 1. The van der Waals surface area contributed by atoms with Gasteiger partial charge in [0.2, 0.25) is 0 Å². The molecular formula is C13H10O3. The van der Waals surface area contributed by atoms with Gasteiger partial charge in [0, 0.05) is 6.08 Å². The average molecular weight is 214 g/mol. The number of fused-ring (bicyclic) bond motifs is 1. The van der Waals surface area contributed by atoms with Gasteiger partial charge in [-0.25, -0.2) is 4.79 Å². The Bertz CT molecular complexity index is 558. The Morgan fingerprint density at radius 3 is 2.62 bits per heavy atom. The summed E-state index contributed by atoms with van der Waals surface area (Å²) in [6.07, 6.45) is 1.11. The van der Waals surface area contributed by atoms with Crippen LogP contribution in [0.2, 0.25) is 0 Å². The molecule has 3 heteroatoms. The van der Waals surface area contributed by atoms with Gasteiger partial charge in [-0.3, -0.25) is 0 Å². The fourth-order valence-electron chi connectivity index (χ4n) is 1.43. The average Bonchev–Trinajstić information content (AvgIpc) is 2.29. The fourth-order valence-corrected chi connectivity index (χ4v) is 1.43. The maximum Gasteiger partial charge on any atom is 0.335 e. The second-order valence-electron chi connectivity index (χ2n) is 3.32. The molecule has 1 N–H and O–H groups in total. The number of aromatic hydroxyl groups is 1. The smallest absolute Gasteiger partial charge is 0.335 e. The molecule has 0 aliphatic rings. The van der Waals surface area contributed by atoms with E-state index >= 15 is 0 Å². The van der Waals surface area contributed by atoms with Gasteiger partial charge in [-0.2, -0.15) is 0 Å². The molecule has 3 nitrogen and oxygen atoms in total. The summed E-state index contributed by atoms with van der Waals surface area (Å²) in [6, 6.07) is 10.2. The van der Waals surface area contributed by atoms with Crippen LogP contribution in [0.4, 0.5) is 0 Å². The molecule has 0 atom stereocenters. The van der Waals surface area contributed by atoms with Crippen LogP contribution in [0.5, 0.6) is 11.5 Å².